The molecule has 1 aliphatic carbocycles. The second kappa shape index (κ2) is 10.7. The fourth-order valence-electron chi connectivity index (χ4n) is 5.37. The van der Waals surface area contributed by atoms with Crippen LogP contribution >= 0.6 is 0 Å². The highest BCUT2D eigenvalue weighted by Crippen LogP contribution is 2.35. The summed E-state index contributed by atoms with van der Waals surface area (Å²) >= 11 is 0. The first kappa shape index (κ1) is 24.2. The second-order valence-corrected chi connectivity index (χ2v) is 9.90. The number of nitrogens with zero attached hydrogens (tertiary/aromatic N) is 5. The van der Waals surface area contributed by atoms with Crippen LogP contribution in [-0.4, -0.2) is 36.7 Å². The molecule has 3 heterocycles. The Morgan fingerprint density at radius 1 is 1.19 bits per heavy atom. The Bertz CT molecular complexity index is 1340. The zero-order chi connectivity index (χ0) is 25.1. The largest absolute Gasteiger partial charge is 0.494 e. The van der Waals surface area contributed by atoms with Crippen LogP contribution in [0.3, 0.4) is 0 Å². The Morgan fingerprint density at radius 2 is 2.03 bits per heavy atom. The van der Waals surface area contributed by atoms with E-state index in [0.717, 1.165) is 41.1 Å². The molecule has 0 aliphatic heterocycles. The lowest BCUT2D eigenvalue weighted by molar-refractivity contribution is 0.114. The first-order chi connectivity index (χ1) is 17.5. The number of hydrogen-bond acceptors (Lipinski definition) is 7. The highest BCUT2D eigenvalue weighted by Gasteiger charge is 2.33. The summed E-state index contributed by atoms with van der Waals surface area (Å²) in [4.78, 5) is 18.5. The van der Waals surface area contributed by atoms with Crippen molar-refractivity contribution < 1.29 is 9.15 Å². The summed E-state index contributed by atoms with van der Waals surface area (Å²) < 4.78 is 13.4. The van der Waals surface area contributed by atoms with Gasteiger partial charge in [-0.1, -0.05) is 26.7 Å². The molecule has 9 nitrogen and oxygen atoms in total. The molecule has 1 atom stereocenters. The topological polar surface area (TPSA) is 102 Å². The molecule has 1 unspecified atom stereocenters. The summed E-state index contributed by atoms with van der Waals surface area (Å²) in [6, 6.07) is 11.8. The lowest BCUT2D eigenvalue weighted by Crippen LogP contribution is -2.35. The molecule has 0 radical (unpaired) electrons. The van der Waals surface area contributed by atoms with Crippen molar-refractivity contribution in [3.05, 3.63) is 70.2 Å². The van der Waals surface area contributed by atoms with Gasteiger partial charge in [-0.25, -0.2) is 4.68 Å². The van der Waals surface area contributed by atoms with Gasteiger partial charge in [-0.15, -0.1) is 5.10 Å². The molecular weight excluding hydrogens is 456 g/mol. The van der Waals surface area contributed by atoms with Gasteiger partial charge in [0.2, 0.25) is 0 Å². The van der Waals surface area contributed by atoms with Crippen LogP contribution in [0, 0.1) is 5.92 Å². The number of tetrazole rings is 1. The fraction of sp³-hybridized carbons (Fsp3) is 0.481. The van der Waals surface area contributed by atoms with Crippen LogP contribution in [0.2, 0.25) is 0 Å². The number of aromatic nitrogens is 5. The molecular formula is C27H34N6O3. The van der Waals surface area contributed by atoms with Gasteiger partial charge in [0.05, 0.1) is 31.5 Å². The molecule has 1 fully saturated rings. The number of hydrogen-bond donors (Lipinski definition) is 1. The van der Waals surface area contributed by atoms with Crippen molar-refractivity contribution in [2.24, 2.45) is 5.92 Å². The Morgan fingerprint density at radius 3 is 2.75 bits per heavy atom. The van der Waals surface area contributed by atoms with Crippen molar-refractivity contribution in [3.63, 3.8) is 0 Å². The lowest BCUT2D eigenvalue weighted by Gasteiger charge is -2.33. The van der Waals surface area contributed by atoms with Crippen LogP contribution < -0.4 is 10.3 Å². The van der Waals surface area contributed by atoms with Gasteiger partial charge in [0.1, 0.15) is 11.5 Å². The molecule has 0 spiro atoms. The van der Waals surface area contributed by atoms with E-state index in [2.05, 4.69) is 39.3 Å². The summed E-state index contributed by atoms with van der Waals surface area (Å²) in [6.45, 7) is 7.85. The Balaban J connectivity index is 1.54. The van der Waals surface area contributed by atoms with Gasteiger partial charge in [0.15, 0.2) is 5.82 Å². The Hall–Kier alpha value is -3.46. The minimum absolute atomic E-state index is 0.101. The zero-order valence-corrected chi connectivity index (χ0v) is 21.2. The number of nitrogens with one attached hydrogen (secondary N) is 1. The van der Waals surface area contributed by atoms with E-state index in [0.29, 0.717) is 31.3 Å². The minimum Gasteiger partial charge on any atom is -0.494 e. The van der Waals surface area contributed by atoms with Gasteiger partial charge in [-0.05, 0) is 72.5 Å². The predicted molar refractivity (Wildman–Crippen MR) is 137 cm³/mol. The highest BCUT2D eigenvalue weighted by molar-refractivity contribution is 5.80. The average Bonchev–Trinajstić information content (AvgIpc) is 3.63. The first-order valence-electron chi connectivity index (χ1n) is 12.9. The van der Waals surface area contributed by atoms with Crippen molar-refractivity contribution in [2.45, 2.75) is 71.6 Å². The fourth-order valence-corrected chi connectivity index (χ4v) is 5.37. The van der Waals surface area contributed by atoms with Crippen molar-refractivity contribution >= 4 is 10.9 Å². The van der Waals surface area contributed by atoms with Gasteiger partial charge >= 0.3 is 0 Å². The van der Waals surface area contributed by atoms with E-state index in [-0.39, 0.29) is 17.5 Å². The molecule has 0 saturated heterocycles. The van der Waals surface area contributed by atoms with Crippen LogP contribution in [-0.2, 0) is 13.1 Å². The summed E-state index contributed by atoms with van der Waals surface area (Å²) in [5, 5.41) is 13.9. The SMILES string of the molecule is CCOc1ccc2[nH]c(=O)c(CN(Cc3ccco3)C(c3nnnn3C3CCCC3)C(C)C)cc2c1. The first-order valence-corrected chi connectivity index (χ1v) is 12.9. The van der Waals surface area contributed by atoms with E-state index >= 15 is 0 Å². The van der Waals surface area contributed by atoms with Crippen LogP contribution in [0.5, 0.6) is 5.75 Å². The van der Waals surface area contributed by atoms with E-state index < -0.39 is 0 Å². The lowest BCUT2D eigenvalue weighted by atomic mass is 9.99. The predicted octanol–water partition coefficient (Wildman–Crippen LogP) is 5.02. The number of ether oxygens (including phenoxy) is 1. The Kier molecular flexibility index (Phi) is 7.18. The smallest absolute Gasteiger partial charge is 0.252 e. The third kappa shape index (κ3) is 5.06. The zero-order valence-electron chi connectivity index (χ0n) is 21.2. The Labute approximate surface area is 210 Å². The number of pyridine rings is 1. The van der Waals surface area contributed by atoms with Crippen molar-refractivity contribution in [2.75, 3.05) is 6.61 Å². The molecule has 36 heavy (non-hydrogen) atoms. The molecule has 1 aromatic carbocycles. The van der Waals surface area contributed by atoms with E-state index in [1.54, 1.807) is 6.26 Å². The van der Waals surface area contributed by atoms with Gasteiger partial charge in [-0.3, -0.25) is 9.69 Å². The maximum atomic E-state index is 13.2. The van der Waals surface area contributed by atoms with E-state index in [4.69, 9.17) is 9.15 Å². The molecule has 3 aromatic heterocycles. The average molecular weight is 491 g/mol. The van der Waals surface area contributed by atoms with Crippen molar-refractivity contribution in [1.82, 2.24) is 30.1 Å². The maximum absolute atomic E-state index is 13.2. The summed E-state index contributed by atoms with van der Waals surface area (Å²) in [5.41, 5.74) is 1.36. The van der Waals surface area contributed by atoms with Gasteiger partial charge in [0, 0.05) is 23.0 Å². The molecule has 1 aliphatic rings. The summed E-state index contributed by atoms with van der Waals surface area (Å²) in [5.74, 6) is 2.66. The number of rotatable bonds is 10. The molecule has 0 bridgehead atoms. The normalized spacial score (nSPS) is 15.4. The van der Waals surface area contributed by atoms with E-state index in [1.165, 1.54) is 12.8 Å². The maximum Gasteiger partial charge on any atom is 0.252 e. The quantitative estimate of drug-likeness (QED) is 0.333. The second-order valence-electron chi connectivity index (χ2n) is 9.90. The minimum atomic E-state index is -0.103. The number of H-pyrrole nitrogens is 1. The molecule has 5 rings (SSSR count). The summed E-state index contributed by atoms with van der Waals surface area (Å²) in [6.07, 6.45) is 6.25. The van der Waals surface area contributed by atoms with Crippen LogP contribution in [0.4, 0.5) is 0 Å². The summed E-state index contributed by atoms with van der Waals surface area (Å²) in [7, 11) is 0. The number of benzene rings is 1. The number of furan rings is 1. The van der Waals surface area contributed by atoms with E-state index in [9.17, 15) is 4.79 Å². The third-order valence-corrected chi connectivity index (χ3v) is 6.99. The van der Waals surface area contributed by atoms with Crippen molar-refractivity contribution in [1.29, 1.82) is 0 Å². The highest BCUT2D eigenvalue weighted by atomic mass is 16.5. The van der Waals surface area contributed by atoms with Gasteiger partial charge in [-0.2, -0.15) is 0 Å². The van der Waals surface area contributed by atoms with Crippen LogP contribution in [0.25, 0.3) is 10.9 Å². The molecule has 9 heteroatoms. The van der Waals surface area contributed by atoms with Gasteiger partial charge < -0.3 is 14.1 Å². The van der Waals surface area contributed by atoms with Crippen LogP contribution in [0.1, 0.15) is 75.7 Å². The molecule has 190 valence electrons. The molecule has 1 N–H and O–H groups in total. The van der Waals surface area contributed by atoms with E-state index in [1.807, 2.05) is 48.0 Å². The molecule has 4 aromatic rings. The molecule has 0 amide bonds. The van der Waals surface area contributed by atoms with Gasteiger partial charge in [0.25, 0.3) is 5.56 Å². The standard InChI is InChI=1S/C27H34N6O3/c1-4-35-22-11-12-24-19(15-22)14-20(27(34)28-24)16-32(17-23-10-7-13-36-23)25(18(2)3)26-29-30-31-33(26)21-8-5-6-9-21/h7,10-15,18,21,25H,4-6,8-9,16-17H2,1-3H3,(H,28,34). The third-order valence-electron chi connectivity index (χ3n) is 6.99. The number of fused-ring (bicyclic) bond motifs is 1. The number of aromatic amines is 1. The monoisotopic (exact) mass is 490 g/mol. The van der Waals surface area contributed by atoms with Crippen molar-refractivity contribution in [3.8, 4) is 5.75 Å². The molecule has 1 saturated carbocycles. The van der Waals surface area contributed by atoms with Crippen LogP contribution in [0.15, 0.2) is 51.9 Å².